The second-order valence-corrected chi connectivity index (χ2v) is 8.88. The smallest absolute Gasteiger partial charge is 0.133 e. The summed E-state index contributed by atoms with van der Waals surface area (Å²) in [5, 5.41) is 0. The molecular weight excluding hydrogens is 268 g/mol. The van der Waals surface area contributed by atoms with Crippen molar-refractivity contribution in [2.24, 2.45) is 35.0 Å². The minimum absolute atomic E-state index is 0.505. The highest BCUT2D eigenvalue weighted by molar-refractivity contribution is 5.79. The van der Waals surface area contributed by atoms with Gasteiger partial charge in [0.15, 0.2) is 0 Å². The lowest BCUT2D eigenvalue weighted by molar-refractivity contribution is -0.127. The number of fused-ring (bicyclic) bond motifs is 5. The van der Waals surface area contributed by atoms with Gasteiger partial charge in [-0.3, -0.25) is 4.79 Å². The van der Waals surface area contributed by atoms with Crippen LogP contribution in [0.25, 0.3) is 0 Å². The Morgan fingerprint density at radius 2 is 1.86 bits per heavy atom. The van der Waals surface area contributed by atoms with E-state index in [-0.39, 0.29) is 0 Å². The molecule has 0 amide bonds. The minimum atomic E-state index is 0.505. The maximum atomic E-state index is 11.8. The highest BCUT2D eigenvalue weighted by Gasteiger charge is 2.53. The van der Waals surface area contributed by atoms with Gasteiger partial charge in [-0.05, 0) is 93.3 Å². The summed E-state index contributed by atoms with van der Waals surface area (Å²) in [6.07, 6.45) is 15.3. The minimum Gasteiger partial charge on any atom is -0.300 e. The lowest BCUT2D eigenvalue weighted by Gasteiger charge is -2.58. The number of ketones is 1. The van der Waals surface area contributed by atoms with E-state index in [2.05, 4.69) is 19.9 Å². The standard InChI is InChI=1S/C21H32O/c1-3-15-5-4-6-20-19-9-7-14-13-16(22)8-10-17(14)18(19)11-12-21(15,20)2/h3,14,17-20H,4-13H2,1-2H3/b15-3+/t14-,17-,18+,19+,20-,21+/m0/s1. The SMILES string of the molecule is C/C=C1\CCC[C@H]2[C@@H]3CC[C@H]4CC(=O)CC[C@@H]4[C@H]3CC[C@]12C. The number of carbonyl (C=O) groups excluding carboxylic acids is 1. The zero-order valence-corrected chi connectivity index (χ0v) is 14.4. The molecular formula is C21H32O. The van der Waals surface area contributed by atoms with Crippen molar-refractivity contribution in [3.63, 3.8) is 0 Å². The number of carbonyl (C=O) groups is 1. The molecule has 0 aromatic heterocycles. The molecule has 122 valence electrons. The van der Waals surface area contributed by atoms with E-state index in [0.29, 0.717) is 11.2 Å². The summed E-state index contributed by atoms with van der Waals surface area (Å²) in [5.74, 6) is 5.03. The van der Waals surface area contributed by atoms with E-state index in [0.717, 1.165) is 42.4 Å². The summed E-state index contributed by atoms with van der Waals surface area (Å²) in [6, 6.07) is 0. The Labute approximate surface area is 135 Å². The maximum Gasteiger partial charge on any atom is 0.133 e. The summed E-state index contributed by atoms with van der Waals surface area (Å²) >= 11 is 0. The Balaban J connectivity index is 1.60. The quantitative estimate of drug-likeness (QED) is 0.536. The molecule has 0 aromatic rings. The van der Waals surface area contributed by atoms with Crippen molar-refractivity contribution in [1.29, 1.82) is 0 Å². The van der Waals surface area contributed by atoms with Crippen LogP contribution in [0, 0.1) is 35.0 Å². The number of allylic oxidation sites excluding steroid dienone is 2. The summed E-state index contributed by atoms with van der Waals surface area (Å²) in [5.41, 5.74) is 2.27. The topological polar surface area (TPSA) is 17.1 Å². The first-order valence-electron chi connectivity index (χ1n) is 9.81. The second kappa shape index (κ2) is 5.49. The number of hydrogen-bond donors (Lipinski definition) is 0. The van der Waals surface area contributed by atoms with E-state index < -0.39 is 0 Å². The normalized spacial score (nSPS) is 50.2. The average molecular weight is 300 g/mol. The summed E-state index contributed by atoms with van der Waals surface area (Å²) < 4.78 is 0. The number of hydrogen-bond acceptors (Lipinski definition) is 1. The molecule has 4 aliphatic carbocycles. The zero-order valence-electron chi connectivity index (χ0n) is 14.4. The van der Waals surface area contributed by atoms with Crippen molar-refractivity contribution in [3.8, 4) is 0 Å². The molecule has 0 N–H and O–H groups in total. The molecule has 0 saturated heterocycles. The van der Waals surface area contributed by atoms with Gasteiger partial charge in [-0.1, -0.05) is 18.6 Å². The molecule has 0 unspecified atom stereocenters. The van der Waals surface area contributed by atoms with Crippen LogP contribution < -0.4 is 0 Å². The van der Waals surface area contributed by atoms with Crippen LogP contribution in [0.1, 0.15) is 78.1 Å². The third-order valence-corrected chi connectivity index (χ3v) is 8.20. The zero-order chi connectivity index (χ0) is 15.3. The largest absolute Gasteiger partial charge is 0.300 e. The van der Waals surface area contributed by atoms with E-state index in [4.69, 9.17) is 0 Å². The van der Waals surface area contributed by atoms with E-state index in [1.165, 1.54) is 51.4 Å². The fourth-order valence-corrected chi connectivity index (χ4v) is 7.18. The lowest BCUT2D eigenvalue weighted by Crippen LogP contribution is -2.50. The molecule has 22 heavy (non-hydrogen) atoms. The molecule has 4 aliphatic rings. The van der Waals surface area contributed by atoms with Gasteiger partial charge in [0.05, 0.1) is 0 Å². The van der Waals surface area contributed by atoms with Crippen molar-refractivity contribution in [2.75, 3.05) is 0 Å². The molecule has 0 aromatic carbocycles. The number of Topliss-reactive ketones (excluding diaryl/α,β-unsaturated/α-hetero) is 1. The van der Waals surface area contributed by atoms with Gasteiger partial charge in [0.1, 0.15) is 5.78 Å². The first kappa shape index (κ1) is 15.0. The van der Waals surface area contributed by atoms with Gasteiger partial charge >= 0.3 is 0 Å². The molecule has 0 bridgehead atoms. The van der Waals surface area contributed by atoms with Crippen LogP contribution in [-0.4, -0.2) is 5.78 Å². The van der Waals surface area contributed by atoms with Crippen LogP contribution in [0.3, 0.4) is 0 Å². The van der Waals surface area contributed by atoms with Gasteiger partial charge in [-0.15, -0.1) is 0 Å². The van der Waals surface area contributed by atoms with Crippen LogP contribution >= 0.6 is 0 Å². The van der Waals surface area contributed by atoms with Crippen LogP contribution in [0.15, 0.2) is 11.6 Å². The molecule has 0 heterocycles. The Morgan fingerprint density at radius 3 is 2.68 bits per heavy atom. The fraction of sp³-hybridized carbons (Fsp3) is 0.857. The van der Waals surface area contributed by atoms with Gasteiger partial charge in [-0.2, -0.15) is 0 Å². The third kappa shape index (κ3) is 2.14. The van der Waals surface area contributed by atoms with E-state index in [1.54, 1.807) is 5.57 Å². The lowest BCUT2D eigenvalue weighted by atomic mass is 9.46. The summed E-state index contributed by atoms with van der Waals surface area (Å²) in [4.78, 5) is 11.8. The second-order valence-electron chi connectivity index (χ2n) is 8.88. The Hall–Kier alpha value is -0.590. The Kier molecular flexibility index (Phi) is 3.74. The molecule has 1 nitrogen and oxygen atoms in total. The Morgan fingerprint density at radius 1 is 1.00 bits per heavy atom. The van der Waals surface area contributed by atoms with E-state index in [9.17, 15) is 4.79 Å². The van der Waals surface area contributed by atoms with Gasteiger partial charge in [0.25, 0.3) is 0 Å². The van der Waals surface area contributed by atoms with Crippen molar-refractivity contribution >= 4 is 5.78 Å². The van der Waals surface area contributed by atoms with Crippen LogP contribution in [0.4, 0.5) is 0 Å². The number of rotatable bonds is 0. The van der Waals surface area contributed by atoms with Gasteiger partial charge in [-0.25, -0.2) is 0 Å². The van der Waals surface area contributed by atoms with E-state index >= 15 is 0 Å². The van der Waals surface area contributed by atoms with Gasteiger partial charge in [0, 0.05) is 12.8 Å². The van der Waals surface area contributed by atoms with Crippen molar-refractivity contribution in [1.82, 2.24) is 0 Å². The molecule has 4 rings (SSSR count). The summed E-state index contributed by atoms with van der Waals surface area (Å²) in [7, 11) is 0. The molecule has 0 spiro atoms. The third-order valence-electron chi connectivity index (χ3n) is 8.20. The monoisotopic (exact) mass is 300 g/mol. The molecule has 0 radical (unpaired) electrons. The predicted molar refractivity (Wildman–Crippen MR) is 90.5 cm³/mol. The first-order valence-corrected chi connectivity index (χ1v) is 9.81. The van der Waals surface area contributed by atoms with Gasteiger partial charge in [0.2, 0.25) is 0 Å². The predicted octanol–water partition coefficient (Wildman–Crippen LogP) is 5.54. The van der Waals surface area contributed by atoms with E-state index in [1.807, 2.05) is 0 Å². The van der Waals surface area contributed by atoms with Crippen LogP contribution in [0.5, 0.6) is 0 Å². The average Bonchev–Trinajstić information content (AvgIpc) is 2.53. The van der Waals surface area contributed by atoms with Crippen molar-refractivity contribution < 1.29 is 4.79 Å². The van der Waals surface area contributed by atoms with Crippen molar-refractivity contribution in [3.05, 3.63) is 11.6 Å². The Bertz CT molecular complexity index is 490. The fourth-order valence-electron chi connectivity index (χ4n) is 7.18. The molecule has 4 saturated carbocycles. The molecule has 6 atom stereocenters. The highest BCUT2D eigenvalue weighted by Crippen LogP contribution is 2.62. The van der Waals surface area contributed by atoms with Crippen LogP contribution in [0.2, 0.25) is 0 Å². The molecule has 0 aliphatic heterocycles. The maximum absolute atomic E-state index is 11.8. The van der Waals surface area contributed by atoms with Crippen molar-refractivity contribution in [2.45, 2.75) is 78.1 Å². The summed E-state index contributed by atoms with van der Waals surface area (Å²) in [6.45, 7) is 4.84. The van der Waals surface area contributed by atoms with Gasteiger partial charge < -0.3 is 0 Å². The molecule has 1 heteroatoms. The van der Waals surface area contributed by atoms with Crippen LogP contribution in [-0.2, 0) is 4.79 Å². The highest BCUT2D eigenvalue weighted by atomic mass is 16.1. The first-order chi connectivity index (χ1) is 10.6. The molecule has 4 fully saturated rings.